The molecule has 0 N–H and O–H groups in total. The molecule has 225 valence electrons. The smallest absolute Gasteiger partial charge is 0.216 e. The summed E-state index contributed by atoms with van der Waals surface area (Å²) in [6.45, 7) is 4.17. The van der Waals surface area contributed by atoms with E-state index in [2.05, 4.69) is 88.2 Å². The van der Waals surface area contributed by atoms with Crippen molar-refractivity contribution in [2.45, 2.75) is 51.5 Å². The largest absolute Gasteiger partial charge is 0.486 e. The number of pyridine rings is 2. The van der Waals surface area contributed by atoms with Crippen LogP contribution in [0.1, 0.15) is 61.4 Å². The minimum Gasteiger partial charge on any atom is -0.486 e. The number of para-hydroxylation sites is 1. The van der Waals surface area contributed by atoms with Gasteiger partial charge in [-0.05, 0) is 68.1 Å². The molecular formula is C39H32IrN4O-2. The van der Waals surface area contributed by atoms with Gasteiger partial charge in [0.25, 0.3) is 0 Å². The molecule has 6 heteroatoms. The van der Waals surface area contributed by atoms with E-state index in [1.807, 2.05) is 49.5 Å². The molecule has 2 aliphatic rings. The molecule has 0 spiro atoms. The molecule has 1 atom stereocenters. The van der Waals surface area contributed by atoms with Crippen LogP contribution in [0.2, 0.25) is 0 Å². The number of nitrogens with zero attached hydrogens (tertiary/aromatic N) is 4. The van der Waals surface area contributed by atoms with Crippen molar-refractivity contribution in [3.8, 4) is 22.6 Å². The van der Waals surface area contributed by atoms with Crippen molar-refractivity contribution in [2.24, 2.45) is 0 Å². The minimum atomic E-state index is 0. The molecule has 4 aromatic heterocycles. The number of rotatable bonds is 3. The normalized spacial score (nSPS) is 15.7. The zero-order chi connectivity index (χ0) is 29.6. The number of hydrogen-bond acceptors (Lipinski definition) is 4. The van der Waals surface area contributed by atoms with Crippen LogP contribution >= 0.6 is 0 Å². The molecule has 1 unspecified atom stereocenters. The Balaban J connectivity index is 0.000000146. The van der Waals surface area contributed by atoms with E-state index >= 15 is 0 Å². The van der Waals surface area contributed by atoms with Crippen LogP contribution in [0.5, 0.6) is 0 Å². The van der Waals surface area contributed by atoms with Crippen LogP contribution in [0, 0.1) is 19.1 Å². The van der Waals surface area contributed by atoms with Gasteiger partial charge < -0.3 is 14.0 Å². The quantitative estimate of drug-likeness (QED) is 0.168. The van der Waals surface area contributed by atoms with Crippen molar-refractivity contribution in [3.05, 3.63) is 120 Å². The van der Waals surface area contributed by atoms with Gasteiger partial charge in [-0.2, -0.15) is 0 Å². The molecule has 45 heavy (non-hydrogen) atoms. The van der Waals surface area contributed by atoms with Gasteiger partial charge in [0, 0.05) is 43.4 Å². The Morgan fingerprint density at radius 3 is 2.62 bits per heavy atom. The summed E-state index contributed by atoms with van der Waals surface area (Å²) in [6.07, 6.45) is 11.6. The molecular weight excluding hydrogens is 733 g/mol. The number of furan rings is 1. The number of aryl methyl sites for hydroxylation is 1. The van der Waals surface area contributed by atoms with Gasteiger partial charge >= 0.3 is 0 Å². The van der Waals surface area contributed by atoms with Gasteiger partial charge in [-0.3, -0.25) is 4.98 Å². The Bertz CT molecular complexity index is 2170. The zero-order valence-corrected chi connectivity index (χ0v) is 27.6. The molecule has 1 aliphatic heterocycles. The maximum Gasteiger partial charge on any atom is 0.216 e. The van der Waals surface area contributed by atoms with E-state index in [1.165, 1.54) is 42.3 Å². The Morgan fingerprint density at radius 2 is 1.78 bits per heavy atom. The van der Waals surface area contributed by atoms with Crippen LogP contribution in [-0.2, 0) is 20.1 Å². The van der Waals surface area contributed by atoms with E-state index in [4.69, 9.17) is 9.40 Å². The summed E-state index contributed by atoms with van der Waals surface area (Å²) in [7, 11) is 0. The number of benzene rings is 3. The first-order chi connectivity index (χ1) is 21.6. The van der Waals surface area contributed by atoms with E-state index in [9.17, 15) is 0 Å². The third-order valence-electron chi connectivity index (χ3n) is 8.96. The molecule has 0 amide bonds. The first-order valence-electron chi connectivity index (χ1n) is 15.5. The molecule has 5 nitrogen and oxygen atoms in total. The van der Waals surface area contributed by atoms with Gasteiger partial charge in [0.2, 0.25) is 5.71 Å². The van der Waals surface area contributed by atoms with E-state index < -0.39 is 0 Å². The van der Waals surface area contributed by atoms with Gasteiger partial charge in [0.15, 0.2) is 0 Å². The summed E-state index contributed by atoms with van der Waals surface area (Å²) in [5.74, 6) is 1.67. The second kappa shape index (κ2) is 12.2. The molecule has 0 saturated heterocycles. The molecule has 1 radical (unpaired) electrons. The fourth-order valence-corrected chi connectivity index (χ4v) is 6.76. The Kier molecular flexibility index (Phi) is 7.95. The number of hydrogen-bond donors (Lipinski definition) is 0. The molecule has 1 fully saturated rings. The third-order valence-corrected chi connectivity index (χ3v) is 8.96. The van der Waals surface area contributed by atoms with Crippen LogP contribution in [0.15, 0.2) is 95.6 Å². The van der Waals surface area contributed by atoms with Gasteiger partial charge in [0.05, 0.1) is 22.4 Å². The van der Waals surface area contributed by atoms with Crippen molar-refractivity contribution < 1.29 is 24.5 Å². The third kappa shape index (κ3) is 5.32. The first-order valence-corrected chi connectivity index (χ1v) is 15.5. The topological polar surface area (TPSA) is 56.7 Å². The van der Waals surface area contributed by atoms with Crippen LogP contribution in [0.4, 0.5) is 0 Å². The number of aromatic nitrogens is 4. The average molecular weight is 765 g/mol. The van der Waals surface area contributed by atoms with Gasteiger partial charge in [-0.1, -0.05) is 59.7 Å². The van der Waals surface area contributed by atoms with E-state index in [0.29, 0.717) is 17.7 Å². The minimum absolute atomic E-state index is 0. The standard InChI is InChI=1S/C22H19N2O.C17H13N2.Ir/c1-14-9-10-18-17-7-4-8-19(21(17)25-22(18)24-14)20-13-16(11-12-23-20)15-5-2-3-6-15;1-12-10-11-13-8-5-9-15-16(13)19(12)17(18-15)14-6-3-2-4-7-14;/h4,7,9-13,15H,2-3,5-6H2,1H3;2-6,8-12H,1H3;/q2*-1;. The summed E-state index contributed by atoms with van der Waals surface area (Å²) in [5.41, 5.74) is 10.3. The van der Waals surface area contributed by atoms with Crippen LogP contribution < -0.4 is 0 Å². The second-order valence-corrected chi connectivity index (χ2v) is 11.9. The zero-order valence-electron chi connectivity index (χ0n) is 25.3. The predicted molar refractivity (Wildman–Crippen MR) is 177 cm³/mol. The Labute approximate surface area is 276 Å². The fraction of sp³-hybridized carbons (Fsp3) is 0.205. The molecule has 5 heterocycles. The maximum absolute atomic E-state index is 6.10. The van der Waals surface area contributed by atoms with Gasteiger partial charge in [-0.25, -0.2) is 4.98 Å². The molecule has 1 aliphatic carbocycles. The number of allylic oxidation sites excluding steroid dienone is 1. The van der Waals surface area contributed by atoms with Gasteiger partial charge in [-0.15, -0.1) is 54.1 Å². The summed E-state index contributed by atoms with van der Waals surface area (Å²) in [4.78, 5) is 13.9. The molecule has 1 saturated carbocycles. The van der Waals surface area contributed by atoms with Crippen molar-refractivity contribution in [3.63, 3.8) is 0 Å². The number of imidazole rings is 1. The Hall–Kier alpha value is -4.38. The molecule has 3 aromatic carbocycles. The summed E-state index contributed by atoms with van der Waals surface area (Å²) >= 11 is 0. The van der Waals surface area contributed by atoms with Crippen molar-refractivity contribution in [1.29, 1.82) is 0 Å². The average Bonchev–Trinajstić information content (AvgIpc) is 3.82. The number of fused-ring (bicyclic) bond motifs is 3. The van der Waals surface area contributed by atoms with Crippen molar-refractivity contribution >= 4 is 39.2 Å². The SMILES string of the molecule is CC1C=Cc2cccc3nc(-c4[c-]cccc4)n1c23.Cc1ccc2c(n1)oc1c(-c3cc(C4CCCC4)ccn3)[c-]ccc12.[Ir]. The molecule has 0 bridgehead atoms. The van der Waals surface area contributed by atoms with Crippen LogP contribution in [0.25, 0.3) is 61.8 Å². The van der Waals surface area contributed by atoms with Crippen molar-refractivity contribution in [1.82, 2.24) is 19.5 Å². The van der Waals surface area contributed by atoms with E-state index in [1.54, 1.807) is 0 Å². The van der Waals surface area contributed by atoms with Crippen LogP contribution in [0.3, 0.4) is 0 Å². The Morgan fingerprint density at radius 1 is 0.889 bits per heavy atom. The first kappa shape index (κ1) is 29.3. The summed E-state index contributed by atoms with van der Waals surface area (Å²) < 4.78 is 8.40. The monoisotopic (exact) mass is 765 g/mol. The van der Waals surface area contributed by atoms with E-state index in [0.717, 1.165) is 50.2 Å². The summed E-state index contributed by atoms with van der Waals surface area (Å²) in [5, 5.41) is 2.12. The summed E-state index contributed by atoms with van der Waals surface area (Å²) in [6, 6.07) is 33.7. The van der Waals surface area contributed by atoms with Crippen LogP contribution in [-0.4, -0.2) is 19.5 Å². The molecule has 9 rings (SSSR count). The maximum atomic E-state index is 6.10. The van der Waals surface area contributed by atoms with Gasteiger partial charge in [0.1, 0.15) is 0 Å². The second-order valence-electron chi connectivity index (χ2n) is 11.9. The predicted octanol–water partition coefficient (Wildman–Crippen LogP) is 9.90. The molecule has 7 aromatic rings. The van der Waals surface area contributed by atoms with Crippen molar-refractivity contribution in [2.75, 3.05) is 0 Å². The fourth-order valence-electron chi connectivity index (χ4n) is 6.76. The van der Waals surface area contributed by atoms with E-state index in [-0.39, 0.29) is 20.1 Å².